The Morgan fingerprint density at radius 2 is 1.96 bits per heavy atom. The lowest BCUT2D eigenvalue weighted by Gasteiger charge is -2.07. The molecule has 0 bridgehead atoms. The predicted molar refractivity (Wildman–Crippen MR) is 102 cm³/mol. The molecular weight excluding hydrogens is 360 g/mol. The Labute approximate surface area is 158 Å². The van der Waals surface area contributed by atoms with Crippen LogP contribution in [0.15, 0.2) is 70.2 Å². The highest BCUT2D eigenvalue weighted by atomic mass is 16.3. The first-order valence-corrected chi connectivity index (χ1v) is 8.64. The first-order chi connectivity index (χ1) is 13.6. The average Bonchev–Trinajstić information content (AvgIpc) is 3.39. The average molecular weight is 376 g/mol. The van der Waals surface area contributed by atoms with E-state index < -0.39 is 11.7 Å². The molecule has 0 fully saturated rings. The maximum absolute atomic E-state index is 12.4. The van der Waals surface area contributed by atoms with Crippen molar-refractivity contribution in [1.82, 2.24) is 20.1 Å². The number of aromatic nitrogens is 3. The van der Waals surface area contributed by atoms with Gasteiger partial charge >= 0.3 is 0 Å². The van der Waals surface area contributed by atoms with Gasteiger partial charge in [-0.25, -0.2) is 4.68 Å². The van der Waals surface area contributed by atoms with Gasteiger partial charge in [-0.2, -0.15) is 5.10 Å². The number of rotatable bonds is 6. The van der Waals surface area contributed by atoms with Gasteiger partial charge in [0.25, 0.3) is 17.2 Å². The van der Waals surface area contributed by atoms with Crippen LogP contribution in [0.4, 0.5) is 0 Å². The molecule has 0 saturated heterocycles. The maximum atomic E-state index is 12.4. The minimum atomic E-state index is -0.736. The number of aromatic amines is 1. The standard InChI is InChI=1S/C20H16N4O4/c25-18-8-7-16(17-6-3-11-28-17)23-24(18)10-9-21-20(27)19(26)14-12-22-15-5-2-1-4-13(14)15/h1-8,11-12,22H,9-10H2,(H,21,27). The number of furan rings is 1. The molecule has 0 saturated carbocycles. The number of hydrogen-bond donors (Lipinski definition) is 2. The quantitative estimate of drug-likeness (QED) is 0.395. The smallest absolute Gasteiger partial charge is 0.292 e. The summed E-state index contributed by atoms with van der Waals surface area (Å²) in [4.78, 5) is 39.6. The van der Waals surface area contributed by atoms with Gasteiger partial charge in [0.1, 0.15) is 5.69 Å². The minimum Gasteiger partial charge on any atom is -0.463 e. The molecule has 0 atom stereocenters. The number of carbonyl (C=O) groups is 2. The third-order valence-corrected chi connectivity index (χ3v) is 4.29. The van der Waals surface area contributed by atoms with Crippen molar-refractivity contribution in [2.75, 3.05) is 6.54 Å². The van der Waals surface area contributed by atoms with Gasteiger partial charge in [0.05, 0.1) is 18.4 Å². The second kappa shape index (κ2) is 7.36. The fourth-order valence-corrected chi connectivity index (χ4v) is 2.90. The molecule has 8 heteroatoms. The van der Waals surface area contributed by atoms with E-state index in [2.05, 4.69) is 15.4 Å². The maximum Gasteiger partial charge on any atom is 0.292 e. The Hall–Kier alpha value is -3.94. The Morgan fingerprint density at radius 3 is 2.79 bits per heavy atom. The highest BCUT2D eigenvalue weighted by Gasteiger charge is 2.19. The van der Waals surface area contributed by atoms with Crippen LogP contribution in [0.5, 0.6) is 0 Å². The number of amides is 1. The van der Waals surface area contributed by atoms with Crippen molar-refractivity contribution in [2.45, 2.75) is 6.54 Å². The topological polar surface area (TPSA) is 110 Å². The van der Waals surface area contributed by atoms with Gasteiger partial charge in [0.2, 0.25) is 0 Å². The lowest BCUT2D eigenvalue weighted by atomic mass is 10.1. The summed E-state index contributed by atoms with van der Waals surface area (Å²) in [5, 5.41) is 7.44. The van der Waals surface area contributed by atoms with E-state index in [-0.39, 0.29) is 18.6 Å². The summed E-state index contributed by atoms with van der Waals surface area (Å²) in [5.74, 6) is -0.839. The Kier molecular flexibility index (Phi) is 4.59. The molecule has 28 heavy (non-hydrogen) atoms. The monoisotopic (exact) mass is 376 g/mol. The third kappa shape index (κ3) is 3.35. The van der Waals surface area contributed by atoms with Crippen LogP contribution in [0.25, 0.3) is 22.4 Å². The summed E-state index contributed by atoms with van der Waals surface area (Å²) in [6.07, 6.45) is 3.04. The Balaban J connectivity index is 1.42. The molecule has 2 N–H and O–H groups in total. The molecule has 0 aliphatic heterocycles. The van der Waals surface area contributed by atoms with E-state index in [4.69, 9.17) is 4.42 Å². The number of fused-ring (bicyclic) bond motifs is 1. The van der Waals surface area contributed by atoms with Gasteiger partial charge in [-0.05, 0) is 24.3 Å². The van der Waals surface area contributed by atoms with Crippen molar-refractivity contribution in [2.24, 2.45) is 0 Å². The van der Waals surface area contributed by atoms with Gasteiger partial charge in [-0.1, -0.05) is 18.2 Å². The van der Waals surface area contributed by atoms with Gasteiger partial charge in [-0.3, -0.25) is 14.4 Å². The van der Waals surface area contributed by atoms with Crippen molar-refractivity contribution in [3.63, 3.8) is 0 Å². The Morgan fingerprint density at radius 1 is 1.11 bits per heavy atom. The van der Waals surface area contributed by atoms with Crippen LogP contribution in [0, 0.1) is 0 Å². The van der Waals surface area contributed by atoms with Crippen LogP contribution in [0.1, 0.15) is 10.4 Å². The number of nitrogens with one attached hydrogen (secondary N) is 2. The van der Waals surface area contributed by atoms with E-state index in [1.807, 2.05) is 12.1 Å². The molecule has 0 aliphatic carbocycles. The molecule has 4 aromatic rings. The summed E-state index contributed by atoms with van der Waals surface area (Å²) >= 11 is 0. The molecule has 4 rings (SSSR count). The van der Waals surface area contributed by atoms with Crippen LogP contribution in [-0.4, -0.2) is 33.0 Å². The lowest BCUT2D eigenvalue weighted by molar-refractivity contribution is -0.117. The largest absolute Gasteiger partial charge is 0.463 e. The number of nitrogens with zero attached hydrogens (tertiary/aromatic N) is 2. The fraction of sp³-hybridized carbons (Fsp3) is 0.100. The molecule has 8 nitrogen and oxygen atoms in total. The van der Waals surface area contributed by atoms with E-state index in [0.717, 1.165) is 5.52 Å². The fourth-order valence-electron chi connectivity index (χ4n) is 2.90. The zero-order valence-corrected chi connectivity index (χ0v) is 14.7. The zero-order valence-electron chi connectivity index (χ0n) is 14.7. The van der Waals surface area contributed by atoms with E-state index in [1.165, 1.54) is 23.2 Å². The molecule has 0 spiro atoms. The van der Waals surface area contributed by atoms with Crippen LogP contribution in [0.2, 0.25) is 0 Å². The van der Waals surface area contributed by atoms with Gasteiger partial charge in [0, 0.05) is 29.7 Å². The number of carbonyl (C=O) groups excluding carboxylic acids is 2. The minimum absolute atomic E-state index is 0.0848. The predicted octanol–water partition coefficient (Wildman–Crippen LogP) is 1.98. The first-order valence-electron chi connectivity index (χ1n) is 8.64. The van der Waals surface area contributed by atoms with Crippen LogP contribution in [-0.2, 0) is 11.3 Å². The van der Waals surface area contributed by atoms with E-state index in [0.29, 0.717) is 22.4 Å². The number of H-pyrrole nitrogens is 1. The molecular formula is C20H16N4O4. The van der Waals surface area contributed by atoms with Gasteiger partial charge in [-0.15, -0.1) is 0 Å². The first kappa shape index (κ1) is 17.5. The zero-order chi connectivity index (χ0) is 19.5. The summed E-state index contributed by atoms with van der Waals surface area (Å²) in [6.45, 7) is 0.210. The highest BCUT2D eigenvalue weighted by Crippen LogP contribution is 2.18. The number of para-hydroxylation sites is 1. The molecule has 0 radical (unpaired) electrons. The van der Waals surface area contributed by atoms with Crippen molar-refractivity contribution >= 4 is 22.6 Å². The van der Waals surface area contributed by atoms with Gasteiger partial charge < -0.3 is 14.7 Å². The van der Waals surface area contributed by atoms with E-state index >= 15 is 0 Å². The highest BCUT2D eigenvalue weighted by molar-refractivity contribution is 6.44. The molecule has 3 aromatic heterocycles. The third-order valence-electron chi connectivity index (χ3n) is 4.29. The van der Waals surface area contributed by atoms with Crippen molar-refractivity contribution in [3.05, 3.63) is 76.9 Å². The molecule has 140 valence electrons. The van der Waals surface area contributed by atoms with E-state index in [9.17, 15) is 14.4 Å². The molecule has 0 aliphatic rings. The molecule has 0 unspecified atom stereocenters. The second-order valence-electron chi connectivity index (χ2n) is 6.09. The number of ketones is 1. The summed E-state index contributed by atoms with van der Waals surface area (Å²) in [5.41, 5.74) is 1.28. The summed E-state index contributed by atoms with van der Waals surface area (Å²) in [6, 6.07) is 13.6. The second-order valence-corrected chi connectivity index (χ2v) is 6.09. The van der Waals surface area contributed by atoms with Crippen LogP contribution in [0.3, 0.4) is 0 Å². The van der Waals surface area contributed by atoms with Crippen molar-refractivity contribution in [1.29, 1.82) is 0 Å². The van der Waals surface area contributed by atoms with Crippen LogP contribution >= 0.6 is 0 Å². The van der Waals surface area contributed by atoms with Crippen molar-refractivity contribution < 1.29 is 14.0 Å². The SMILES string of the molecule is O=C(NCCn1nc(-c2ccco2)ccc1=O)C(=O)c1c[nH]c2ccccc12. The molecule has 1 aromatic carbocycles. The van der Waals surface area contributed by atoms with Crippen LogP contribution < -0.4 is 10.9 Å². The summed E-state index contributed by atoms with van der Waals surface area (Å²) in [7, 11) is 0. The molecule has 1 amide bonds. The van der Waals surface area contributed by atoms with Gasteiger partial charge in [0.15, 0.2) is 5.76 Å². The number of hydrogen-bond acceptors (Lipinski definition) is 5. The Bertz CT molecular complexity index is 1200. The number of Topliss-reactive ketones (excluding diaryl/α,β-unsaturated/α-hetero) is 1. The van der Waals surface area contributed by atoms with E-state index in [1.54, 1.807) is 30.3 Å². The van der Waals surface area contributed by atoms with Crippen molar-refractivity contribution in [3.8, 4) is 11.5 Å². The summed E-state index contributed by atoms with van der Waals surface area (Å²) < 4.78 is 6.49. The number of benzene rings is 1. The molecule has 3 heterocycles. The lowest BCUT2D eigenvalue weighted by Crippen LogP contribution is -2.35. The normalized spacial score (nSPS) is 10.9.